The average Bonchev–Trinajstić information content (AvgIpc) is 2.62. The highest BCUT2D eigenvalue weighted by atomic mass is 32.2. The van der Waals surface area contributed by atoms with E-state index in [1.54, 1.807) is 26.0 Å². The fraction of sp³-hybridized carbons (Fsp3) is 0.421. The van der Waals surface area contributed by atoms with Crippen LogP contribution in [0.25, 0.3) is 0 Å². The zero-order valence-corrected chi connectivity index (χ0v) is 15.9. The van der Waals surface area contributed by atoms with Crippen molar-refractivity contribution in [3.8, 4) is 11.5 Å². The second kappa shape index (κ2) is 8.94. The molecule has 0 bridgehead atoms. The Morgan fingerprint density at radius 3 is 2.46 bits per heavy atom. The van der Waals surface area contributed by atoms with Crippen molar-refractivity contribution >= 4 is 11.8 Å². The minimum atomic E-state index is 0.266. The molecule has 0 fully saturated rings. The van der Waals surface area contributed by atoms with Gasteiger partial charge in [0, 0.05) is 18.3 Å². The Labute approximate surface area is 149 Å². The molecule has 1 atom stereocenters. The van der Waals surface area contributed by atoms with Crippen LogP contribution in [0.15, 0.2) is 41.4 Å². The predicted molar refractivity (Wildman–Crippen MR) is 100 cm³/mol. The minimum absolute atomic E-state index is 0.266. The normalized spacial score (nSPS) is 12.2. The predicted octanol–water partition coefficient (Wildman–Crippen LogP) is 4.40. The van der Waals surface area contributed by atoms with E-state index in [0.717, 1.165) is 40.6 Å². The number of ether oxygens (including phenoxy) is 2. The standard InChI is InChI=1S/C19H26N2O2S/c1-6-16(15-9-7-8-10-20-15)21(2)13-14-11-18(23-4)19(24-5)12-17(14)22-3/h7-12,16H,6,13H2,1-5H3. The van der Waals surface area contributed by atoms with Gasteiger partial charge in [-0.3, -0.25) is 9.88 Å². The molecule has 0 saturated heterocycles. The first-order valence-corrected chi connectivity index (χ1v) is 9.27. The van der Waals surface area contributed by atoms with Crippen molar-refractivity contribution in [1.82, 2.24) is 9.88 Å². The Bertz CT molecular complexity index is 649. The molecule has 24 heavy (non-hydrogen) atoms. The Balaban J connectivity index is 2.28. The third-order valence-corrected chi connectivity index (χ3v) is 4.91. The van der Waals surface area contributed by atoms with Crippen LogP contribution < -0.4 is 9.47 Å². The lowest BCUT2D eigenvalue weighted by Gasteiger charge is -2.27. The van der Waals surface area contributed by atoms with Crippen molar-refractivity contribution in [2.75, 3.05) is 27.5 Å². The van der Waals surface area contributed by atoms with Crippen molar-refractivity contribution in [3.63, 3.8) is 0 Å². The lowest BCUT2D eigenvalue weighted by Crippen LogP contribution is -2.24. The van der Waals surface area contributed by atoms with Crippen molar-refractivity contribution < 1.29 is 9.47 Å². The van der Waals surface area contributed by atoms with Crippen LogP contribution in [-0.4, -0.2) is 37.4 Å². The van der Waals surface area contributed by atoms with Gasteiger partial charge in [0.05, 0.1) is 30.9 Å². The van der Waals surface area contributed by atoms with Crippen LogP contribution in [-0.2, 0) is 6.54 Å². The van der Waals surface area contributed by atoms with Crippen molar-refractivity contribution in [2.24, 2.45) is 0 Å². The fourth-order valence-corrected chi connectivity index (χ4v) is 3.48. The Morgan fingerprint density at radius 2 is 1.92 bits per heavy atom. The maximum Gasteiger partial charge on any atom is 0.132 e. The van der Waals surface area contributed by atoms with Gasteiger partial charge in [-0.05, 0) is 44.0 Å². The second-order valence-electron chi connectivity index (χ2n) is 5.61. The van der Waals surface area contributed by atoms with Crippen LogP contribution in [0.1, 0.15) is 30.6 Å². The summed E-state index contributed by atoms with van der Waals surface area (Å²) in [6.45, 7) is 2.95. The summed E-state index contributed by atoms with van der Waals surface area (Å²) in [7, 11) is 5.54. The molecule has 0 N–H and O–H groups in total. The van der Waals surface area contributed by atoms with Crippen molar-refractivity contribution in [1.29, 1.82) is 0 Å². The molecule has 1 unspecified atom stereocenters. The molecule has 5 heteroatoms. The lowest BCUT2D eigenvalue weighted by molar-refractivity contribution is 0.222. The summed E-state index contributed by atoms with van der Waals surface area (Å²) in [4.78, 5) is 7.90. The Hall–Kier alpha value is -1.72. The van der Waals surface area contributed by atoms with Crippen LogP contribution in [0.2, 0.25) is 0 Å². The molecule has 2 rings (SSSR count). The quantitative estimate of drug-likeness (QED) is 0.662. The van der Waals surface area contributed by atoms with Gasteiger partial charge in [0.1, 0.15) is 11.5 Å². The molecule has 0 aliphatic rings. The SMILES string of the molecule is CCC(c1ccccn1)N(C)Cc1cc(OC)c(SC)cc1OC. The van der Waals surface area contributed by atoms with Crippen LogP contribution in [0.5, 0.6) is 11.5 Å². The average molecular weight is 346 g/mol. The number of hydrogen-bond donors (Lipinski definition) is 0. The van der Waals surface area contributed by atoms with E-state index in [0.29, 0.717) is 0 Å². The molecule has 0 radical (unpaired) electrons. The molecule has 1 heterocycles. The molecule has 0 aliphatic carbocycles. The van der Waals surface area contributed by atoms with E-state index in [9.17, 15) is 0 Å². The van der Waals surface area contributed by atoms with Gasteiger partial charge in [-0.25, -0.2) is 0 Å². The Morgan fingerprint density at radius 1 is 1.17 bits per heavy atom. The molecule has 2 aromatic rings. The zero-order valence-electron chi connectivity index (χ0n) is 15.1. The maximum absolute atomic E-state index is 5.60. The fourth-order valence-electron chi connectivity index (χ4n) is 2.91. The van der Waals surface area contributed by atoms with E-state index >= 15 is 0 Å². The molecular formula is C19H26N2O2S. The molecule has 130 valence electrons. The topological polar surface area (TPSA) is 34.6 Å². The Kier molecular flexibility index (Phi) is 6.94. The number of pyridine rings is 1. The van der Waals surface area contributed by atoms with Crippen LogP contribution in [0.4, 0.5) is 0 Å². The van der Waals surface area contributed by atoms with E-state index in [4.69, 9.17) is 9.47 Å². The third-order valence-electron chi connectivity index (χ3n) is 4.15. The number of methoxy groups -OCH3 is 2. The second-order valence-corrected chi connectivity index (χ2v) is 6.46. The zero-order chi connectivity index (χ0) is 17.5. The van der Waals surface area contributed by atoms with E-state index in [-0.39, 0.29) is 6.04 Å². The van der Waals surface area contributed by atoms with E-state index in [1.165, 1.54) is 0 Å². The van der Waals surface area contributed by atoms with Gasteiger partial charge in [-0.1, -0.05) is 13.0 Å². The van der Waals surface area contributed by atoms with Crippen LogP contribution >= 0.6 is 11.8 Å². The minimum Gasteiger partial charge on any atom is -0.496 e. The highest BCUT2D eigenvalue weighted by molar-refractivity contribution is 7.98. The summed E-state index contributed by atoms with van der Waals surface area (Å²) < 4.78 is 11.1. The monoisotopic (exact) mass is 346 g/mol. The first kappa shape index (κ1) is 18.6. The number of benzene rings is 1. The summed E-state index contributed by atoms with van der Waals surface area (Å²) in [5.41, 5.74) is 2.21. The molecular weight excluding hydrogens is 320 g/mol. The summed E-state index contributed by atoms with van der Waals surface area (Å²) in [6.07, 6.45) is 4.88. The van der Waals surface area contributed by atoms with Crippen LogP contribution in [0.3, 0.4) is 0 Å². The summed E-state index contributed by atoms with van der Waals surface area (Å²) in [5, 5.41) is 0. The van der Waals surface area contributed by atoms with Crippen molar-refractivity contribution in [3.05, 3.63) is 47.8 Å². The number of nitrogens with zero attached hydrogens (tertiary/aromatic N) is 2. The molecule has 0 aliphatic heterocycles. The number of rotatable bonds is 8. The molecule has 0 saturated carbocycles. The van der Waals surface area contributed by atoms with Gasteiger partial charge in [0.25, 0.3) is 0 Å². The van der Waals surface area contributed by atoms with Gasteiger partial charge in [0.2, 0.25) is 0 Å². The van der Waals surface area contributed by atoms with E-state index in [1.807, 2.05) is 30.7 Å². The summed E-state index contributed by atoms with van der Waals surface area (Å²) in [6, 6.07) is 10.5. The lowest BCUT2D eigenvalue weighted by atomic mass is 10.1. The highest BCUT2D eigenvalue weighted by Crippen LogP contribution is 2.36. The number of aromatic nitrogens is 1. The van der Waals surface area contributed by atoms with E-state index < -0.39 is 0 Å². The van der Waals surface area contributed by atoms with Gasteiger partial charge in [-0.2, -0.15) is 0 Å². The molecule has 0 spiro atoms. The van der Waals surface area contributed by atoms with Gasteiger partial charge in [-0.15, -0.1) is 11.8 Å². The number of hydrogen-bond acceptors (Lipinski definition) is 5. The number of thioether (sulfide) groups is 1. The molecule has 1 aromatic carbocycles. The van der Waals surface area contributed by atoms with Gasteiger partial charge < -0.3 is 9.47 Å². The summed E-state index contributed by atoms with van der Waals surface area (Å²) in [5.74, 6) is 1.78. The van der Waals surface area contributed by atoms with Crippen molar-refractivity contribution in [2.45, 2.75) is 30.8 Å². The van der Waals surface area contributed by atoms with Crippen LogP contribution in [0, 0.1) is 0 Å². The largest absolute Gasteiger partial charge is 0.496 e. The molecule has 4 nitrogen and oxygen atoms in total. The van der Waals surface area contributed by atoms with Gasteiger partial charge in [0.15, 0.2) is 0 Å². The van der Waals surface area contributed by atoms with Gasteiger partial charge >= 0.3 is 0 Å². The molecule has 0 amide bonds. The third kappa shape index (κ3) is 4.22. The van der Waals surface area contributed by atoms with E-state index in [2.05, 4.69) is 36.0 Å². The first-order valence-electron chi connectivity index (χ1n) is 8.04. The molecule has 1 aromatic heterocycles. The highest BCUT2D eigenvalue weighted by Gasteiger charge is 2.19. The smallest absolute Gasteiger partial charge is 0.132 e. The first-order chi connectivity index (χ1) is 11.6. The maximum atomic E-state index is 5.60. The summed E-state index contributed by atoms with van der Waals surface area (Å²) >= 11 is 1.66.